The van der Waals surface area contributed by atoms with Crippen molar-refractivity contribution in [3.8, 4) is 23.0 Å². The van der Waals surface area contributed by atoms with E-state index >= 15 is 0 Å². The van der Waals surface area contributed by atoms with Crippen LogP contribution in [-0.4, -0.2) is 34.3 Å². The molecule has 0 fully saturated rings. The number of carbonyl (C=O) groups excluding carboxylic acids is 1. The lowest BCUT2D eigenvalue weighted by molar-refractivity contribution is -0.116. The molecular weight excluding hydrogens is 358 g/mol. The first-order valence-electron chi connectivity index (χ1n) is 7.94. The molecule has 26 heavy (non-hydrogen) atoms. The molecule has 0 aliphatic heterocycles. The van der Waals surface area contributed by atoms with Gasteiger partial charge in [-0.2, -0.15) is 0 Å². The maximum atomic E-state index is 12.3. The van der Waals surface area contributed by atoms with Crippen LogP contribution in [0.2, 0.25) is 5.02 Å². The minimum absolute atomic E-state index is 0.150. The lowest BCUT2D eigenvalue weighted by Crippen LogP contribution is -2.13. The summed E-state index contributed by atoms with van der Waals surface area (Å²) in [7, 11) is 6.18. The number of hydrogen-bond donors (Lipinski definition) is 1. The molecule has 2 aromatic rings. The molecule has 0 aliphatic rings. The van der Waals surface area contributed by atoms with Gasteiger partial charge in [0.05, 0.1) is 39.1 Å². The van der Waals surface area contributed by atoms with E-state index in [0.29, 0.717) is 46.5 Å². The predicted octanol–water partition coefficient (Wildman–Crippen LogP) is 3.95. The molecule has 0 aromatic heterocycles. The van der Waals surface area contributed by atoms with Gasteiger partial charge in [0.2, 0.25) is 5.91 Å². The molecular formula is C19H22ClNO5. The molecule has 1 N–H and O–H groups in total. The summed E-state index contributed by atoms with van der Waals surface area (Å²) in [4.78, 5) is 12.3. The Morgan fingerprint density at radius 2 is 1.54 bits per heavy atom. The van der Waals surface area contributed by atoms with Crippen molar-refractivity contribution in [1.82, 2.24) is 0 Å². The van der Waals surface area contributed by atoms with E-state index in [9.17, 15) is 4.79 Å². The number of hydrogen-bond acceptors (Lipinski definition) is 5. The van der Waals surface area contributed by atoms with Gasteiger partial charge in [0.25, 0.3) is 0 Å². The van der Waals surface area contributed by atoms with Crippen LogP contribution in [0.5, 0.6) is 23.0 Å². The summed E-state index contributed by atoms with van der Waals surface area (Å²) in [5.41, 5.74) is 1.48. The highest BCUT2D eigenvalue weighted by Crippen LogP contribution is 2.36. The fourth-order valence-electron chi connectivity index (χ4n) is 2.46. The minimum atomic E-state index is -0.150. The minimum Gasteiger partial charge on any atom is -0.495 e. The Labute approximate surface area is 158 Å². The van der Waals surface area contributed by atoms with E-state index in [2.05, 4.69) is 5.32 Å². The zero-order valence-electron chi connectivity index (χ0n) is 15.2. The van der Waals surface area contributed by atoms with Crippen molar-refractivity contribution in [2.24, 2.45) is 0 Å². The molecule has 0 unspecified atom stereocenters. The van der Waals surface area contributed by atoms with Crippen LogP contribution in [0.25, 0.3) is 0 Å². The van der Waals surface area contributed by atoms with Crippen LogP contribution in [0, 0.1) is 0 Å². The molecule has 0 spiro atoms. The smallest absolute Gasteiger partial charge is 0.224 e. The molecule has 2 aromatic carbocycles. The molecule has 0 saturated heterocycles. The standard InChI is InChI=1S/C19H22ClNO5/c1-23-15-7-5-12(9-18(15)26-4)6-8-19(22)21-14-11-16(24-2)13(20)10-17(14)25-3/h5,7,9-11H,6,8H2,1-4H3,(H,21,22). The van der Waals surface area contributed by atoms with Gasteiger partial charge in [-0.05, 0) is 24.1 Å². The Morgan fingerprint density at radius 1 is 0.885 bits per heavy atom. The van der Waals surface area contributed by atoms with Gasteiger partial charge >= 0.3 is 0 Å². The van der Waals surface area contributed by atoms with Gasteiger partial charge in [-0.1, -0.05) is 17.7 Å². The Bertz CT molecular complexity index is 779. The van der Waals surface area contributed by atoms with Gasteiger partial charge in [-0.3, -0.25) is 4.79 Å². The number of aryl methyl sites for hydroxylation is 1. The first-order valence-corrected chi connectivity index (χ1v) is 8.32. The third-order valence-electron chi connectivity index (χ3n) is 3.84. The van der Waals surface area contributed by atoms with Crippen molar-refractivity contribution in [3.05, 3.63) is 40.9 Å². The number of anilines is 1. The number of carbonyl (C=O) groups is 1. The summed E-state index contributed by atoms with van der Waals surface area (Å²) in [6.45, 7) is 0. The van der Waals surface area contributed by atoms with Crippen LogP contribution in [0.15, 0.2) is 30.3 Å². The third kappa shape index (κ3) is 4.73. The zero-order chi connectivity index (χ0) is 19.1. The van der Waals surface area contributed by atoms with Crippen molar-refractivity contribution >= 4 is 23.2 Å². The fraction of sp³-hybridized carbons (Fsp3) is 0.316. The number of benzene rings is 2. The first-order chi connectivity index (χ1) is 12.5. The van der Waals surface area contributed by atoms with Crippen molar-refractivity contribution in [2.75, 3.05) is 33.8 Å². The quantitative estimate of drug-likeness (QED) is 0.752. The predicted molar refractivity (Wildman–Crippen MR) is 101 cm³/mol. The Hall–Kier alpha value is -2.60. The first kappa shape index (κ1) is 19.7. The zero-order valence-corrected chi connectivity index (χ0v) is 16.0. The van der Waals surface area contributed by atoms with Gasteiger partial charge in [-0.15, -0.1) is 0 Å². The molecule has 0 saturated carbocycles. The number of methoxy groups -OCH3 is 4. The Balaban J connectivity index is 2.05. The van der Waals surface area contributed by atoms with Crippen LogP contribution in [0.1, 0.15) is 12.0 Å². The largest absolute Gasteiger partial charge is 0.495 e. The van der Waals surface area contributed by atoms with Gasteiger partial charge < -0.3 is 24.3 Å². The lowest BCUT2D eigenvalue weighted by atomic mass is 10.1. The second-order valence-corrected chi connectivity index (χ2v) is 5.83. The van der Waals surface area contributed by atoms with E-state index in [1.165, 1.54) is 14.2 Å². The van der Waals surface area contributed by atoms with E-state index in [1.807, 2.05) is 18.2 Å². The molecule has 0 aliphatic carbocycles. The molecule has 2 rings (SSSR count). The highest BCUT2D eigenvalue weighted by molar-refractivity contribution is 6.32. The van der Waals surface area contributed by atoms with Gasteiger partial charge in [0, 0.05) is 18.6 Å². The van der Waals surface area contributed by atoms with Crippen LogP contribution >= 0.6 is 11.6 Å². The highest BCUT2D eigenvalue weighted by atomic mass is 35.5. The average Bonchev–Trinajstić information content (AvgIpc) is 2.66. The highest BCUT2D eigenvalue weighted by Gasteiger charge is 2.13. The number of nitrogens with one attached hydrogen (secondary N) is 1. The topological polar surface area (TPSA) is 66.0 Å². The maximum absolute atomic E-state index is 12.3. The monoisotopic (exact) mass is 379 g/mol. The molecule has 0 bridgehead atoms. The van der Waals surface area contributed by atoms with Gasteiger partial charge in [0.15, 0.2) is 11.5 Å². The number of halogens is 1. The van der Waals surface area contributed by atoms with Crippen molar-refractivity contribution in [3.63, 3.8) is 0 Å². The number of amides is 1. The molecule has 0 radical (unpaired) electrons. The fourth-order valence-corrected chi connectivity index (χ4v) is 2.70. The van der Waals surface area contributed by atoms with E-state index in [4.69, 9.17) is 30.5 Å². The second kappa shape index (κ2) is 9.20. The summed E-state index contributed by atoms with van der Waals surface area (Å²) in [6.07, 6.45) is 0.850. The molecule has 140 valence electrons. The summed E-state index contributed by atoms with van der Waals surface area (Å²) >= 11 is 6.07. The van der Waals surface area contributed by atoms with Crippen molar-refractivity contribution in [2.45, 2.75) is 12.8 Å². The van der Waals surface area contributed by atoms with Crippen molar-refractivity contribution < 1.29 is 23.7 Å². The molecule has 6 nitrogen and oxygen atoms in total. The van der Waals surface area contributed by atoms with E-state index in [-0.39, 0.29) is 5.91 Å². The summed E-state index contributed by atoms with van der Waals surface area (Å²) < 4.78 is 20.9. The SMILES string of the molecule is COc1cc(NC(=O)CCc2ccc(OC)c(OC)c2)c(OC)cc1Cl. The van der Waals surface area contributed by atoms with Crippen molar-refractivity contribution in [1.29, 1.82) is 0 Å². The molecule has 0 atom stereocenters. The van der Waals surface area contributed by atoms with E-state index < -0.39 is 0 Å². The Kier molecular flexibility index (Phi) is 6.97. The molecule has 0 heterocycles. The summed E-state index contributed by atoms with van der Waals surface area (Å²) in [5, 5.41) is 3.24. The maximum Gasteiger partial charge on any atom is 0.224 e. The summed E-state index contributed by atoms with van der Waals surface area (Å²) in [6, 6.07) is 8.82. The molecule has 1 amide bonds. The number of ether oxygens (including phenoxy) is 4. The van der Waals surface area contributed by atoms with E-state index in [0.717, 1.165) is 5.56 Å². The number of rotatable bonds is 8. The third-order valence-corrected chi connectivity index (χ3v) is 4.13. The molecule has 7 heteroatoms. The normalized spacial score (nSPS) is 10.2. The average molecular weight is 380 g/mol. The lowest BCUT2D eigenvalue weighted by Gasteiger charge is -2.13. The second-order valence-electron chi connectivity index (χ2n) is 5.42. The van der Waals surface area contributed by atoms with Gasteiger partial charge in [-0.25, -0.2) is 0 Å². The van der Waals surface area contributed by atoms with Crippen LogP contribution in [0.4, 0.5) is 5.69 Å². The van der Waals surface area contributed by atoms with Gasteiger partial charge in [0.1, 0.15) is 11.5 Å². The van der Waals surface area contributed by atoms with Crippen LogP contribution < -0.4 is 24.3 Å². The van der Waals surface area contributed by atoms with Crippen LogP contribution in [0.3, 0.4) is 0 Å². The Morgan fingerprint density at radius 3 is 2.15 bits per heavy atom. The van der Waals surface area contributed by atoms with E-state index in [1.54, 1.807) is 26.4 Å². The van der Waals surface area contributed by atoms with Crippen LogP contribution in [-0.2, 0) is 11.2 Å². The summed E-state index contributed by atoms with van der Waals surface area (Å²) in [5.74, 6) is 2.06.